The fourth-order valence-electron chi connectivity index (χ4n) is 1.77. The Morgan fingerprint density at radius 2 is 1.79 bits per heavy atom. The Balaban J connectivity index is -0.00000108. The number of carbonyl (C=O) groups excluding carboxylic acids is 1. The minimum absolute atomic E-state index is 0. The zero-order valence-electron chi connectivity index (χ0n) is 13.7. The summed E-state index contributed by atoms with van der Waals surface area (Å²) in [4.78, 5) is 11.6. The summed E-state index contributed by atoms with van der Waals surface area (Å²) >= 11 is 0. The molecule has 1 aromatic rings. The number of aromatic hydroxyl groups is 1. The van der Waals surface area contributed by atoms with Crippen LogP contribution in [-0.4, -0.2) is 55.4 Å². The molecule has 0 amide bonds. The number of hydrogen-bond acceptors (Lipinski definition) is 3. The van der Waals surface area contributed by atoms with Gasteiger partial charge >= 0.3 is 43.7 Å². The third-order valence-corrected chi connectivity index (χ3v) is 2.86. The van der Waals surface area contributed by atoms with Gasteiger partial charge in [-0.25, -0.2) is 4.79 Å². The predicted molar refractivity (Wildman–Crippen MR) is 79.7 cm³/mol. The Bertz CT molecular complexity index is 376. The number of esters is 1. The third-order valence-electron chi connectivity index (χ3n) is 2.86. The minimum atomic E-state index is -0.443. The van der Waals surface area contributed by atoms with Crippen molar-refractivity contribution in [2.75, 3.05) is 6.61 Å². The monoisotopic (exact) mass is 292 g/mol. The number of phenols is 1. The van der Waals surface area contributed by atoms with Gasteiger partial charge in [-0.2, -0.15) is 0 Å². The fourth-order valence-corrected chi connectivity index (χ4v) is 1.77. The van der Waals surface area contributed by atoms with Crippen LogP contribution in [0.2, 0.25) is 0 Å². The number of benzene rings is 1. The van der Waals surface area contributed by atoms with Crippen LogP contribution in [0, 0.1) is 0 Å². The first-order chi connectivity index (χ1) is 8.75. The van der Waals surface area contributed by atoms with E-state index in [1.54, 1.807) is 18.2 Å². The number of para-hydroxylation sites is 1. The summed E-state index contributed by atoms with van der Waals surface area (Å²) in [5.74, 6) is -0.466. The molecule has 3 nitrogen and oxygen atoms in total. The van der Waals surface area contributed by atoms with E-state index in [0.717, 1.165) is 12.8 Å². The van der Waals surface area contributed by atoms with E-state index in [1.165, 1.54) is 31.7 Å². The normalized spacial score (nSPS) is 9.74. The van der Waals surface area contributed by atoms with Crippen LogP contribution >= 0.6 is 0 Å². The summed E-state index contributed by atoms with van der Waals surface area (Å²) in [5.41, 5.74) is 0.239. The van der Waals surface area contributed by atoms with Crippen molar-refractivity contribution in [1.29, 1.82) is 0 Å². The van der Waals surface area contributed by atoms with E-state index in [0.29, 0.717) is 6.61 Å². The van der Waals surface area contributed by atoms with E-state index in [4.69, 9.17) is 4.74 Å². The van der Waals surface area contributed by atoms with Gasteiger partial charge in [-0.3, -0.25) is 0 Å². The first kappa shape index (κ1) is 18.7. The first-order valence-corrected chi connectivity index (χ1v) is 6.70. The Kier molecular flexibility index (Phi) is 11.4. The van der Waals surface area contributed by atoms with Gasteiger partial charge in [-0.1, -0.05) is 51.2 Å². The van der Waals surface area contributed by atoms with Gasteiger partial charge in [0, 0.05) is 0 Å². The smallest absolute Gasteiger partial charge is 1.00 e. The molecular formula is C15H24CaO3. The molecule has 0 bridgehead atoms. The molecule has 0 aliphatic rings. The second-order valence-corrected chi connectivity index (χ2v) is 4.42. The summed E-state index contributed by atoms with van der Waals surface area (Å²) in [6.45, 7) is 2.62. The van der Waals surface area contributed by atoms with E-state index in [1.807, 2.05) is 0 Å². The van der Waals surface area contributed by atoms with Crippen molar-refractivity contribution in [3.05, 3.63) is 29.8 Å². The number of phenolic OH excluding ortho intramolecular Hbond substituents is 1. The molecule has 1 rings (SSSR count). The summed E-state index contributed by atoms with van der Waals surface area (Å²) in [7, 11) is 0. The van der Waals surface area contributed by atoms with Gasteiger partial charge in [0.05, 0.1) is 6.61 Å². The number of carbonyl (C=O) groups is 1. The van der Waals surface area contributed by atoms with Crippen molar-refractivity contribution in [1.82, 2.24) is 0 Å². The number of ether oxygens (including phenoxy) is 1. The van der Waals surface area contributed by atoms with Crippen LogP contribution in [0.15, 0.2) is 24.3 Å². The van der Waals surface area contributed by atoms with Crippen LogP contribution in [0.1, 0.15) is 58.7 Å². The molecule has 0 unspecified atom stereocenters. The zero-order chi connectivity index (χ0) is 13.2. The van der Waals surface area contributed by atoms with Gasteiger partial charge in [-0.05, 0) is 18.6 Å². The van der Waals surface area contributed by atoms with Gasteiger partial charge in [-0.15, -0.1) is 0 Å². The van der Waals surface area contributed by atoms with Gasteiger partial charge in [0.1, 0.15) is 11.3 Å². The fraction of sp³-hybridized carbons (Fsp3) is 0.533. The summed E-state index contributed by atoms with van der Waals surface area (Å²) < 4.78 is 5.12. The summed E-state index contributed by atoms with van der Waals surface area (Å²) in [5, 5.41) is 9.48. The molecule has 104 valence electrons. The van der Waals surface area contributed by atoms with Crippen molar-refractivity contribution in [2.45, 2.75) is 45.4 Å². The quantitative estimate of drug-likeness (QED) is 0.451. The SMILES string of the molecule is CCCCCCCCOC(=O)c1ccccc1O.[Ca+2].[H-].[H-]. The molecule has 0 fully saturated rings. The number of unbranched alkanes of at least 4 members (excludes halogenated alkanes) is 5. The van der Waals surface area contributed by atoms with Gasteiger partial charge in [0.2, 0.25) is 0 Å². The van der Waals surface area contributed by atoms with Gasteiger partial charge in [0.25, 0.3) is 0 Å². The maximum Gasteiger partial charge on any atom is 2.00 e. The molecule has 19 heavy (non-hydrogen) atoms. The minimum Gasteiger partial charge on any atom is -1.00 e. The molecule has 0 spiro atoms. The van der Waals surface area contributed by atoms with Crippen molar-refractivity contribution in [3.63, 3.8) is 0 Å². The largest absolute Gasteiger partial charge is 2.00 e. The van der Waals surface area contributed by atoms with Crippen molar-refractivity contribution >= 4 is 43.7 Å². The van der Waals surface area contributed by atoms with Crippen LogP contribution in [0.4, 0.5) is 0 Å². The molecule has 0 saturated carbocycles. The first-order valence-electron chi connectivity index (χ1n) is 6.70. The average Bonchev–Trinajstić information content (AvgIpc) is 2.38. The van der Waals surface area contributed by atoms with Crippen molar-refractivity contribution in [2.24, 2.45) is 0 Å². The molecule has 0 aliphatic heterocycles. The number of rotatable bonds is 8. The van der Waals surface area contributed by atoms with Crippen molar-refractivity contribution < 1.29 is 17.5 Å². The summed E-state index contributed by atoms with van der Waals surface area (Å²) in [6, 6.07) is 6.45. The Morgan fingerprint density at radius 1 is 1.16 bits per heavy atom. The van der Waals surface area contributed by atoms with E-state index < -0.39 is 5.97 Å². The Hall–Kier alpha value is -0.250. The Labute approximate surface area is 148 Å². The standard InChI is InChI=1S/C15H22O3.Ca.2H/c1-2-3-4-5-6-9-12-18-15(17)13-10-7-8-11-14(13)16;;;/h7-8,10-11,16H,2-6,9,12H2,1H3;;;/q;+2;2*-1. The van der Waals surface area contributed by atoms with Gasteiger partial charge in [0.15, 0.2) is 0 Å². The maximum atomic E-state index is 11.6. The predicted octanol–water partition coefficient (Wildman–Crippen LogP) is 3.75. The van der Waals surface area contributed by atoms with E-state index >= 15 is 0 Å². The molecule has 1 N–H and O–H groups in total. The van der Waals surface area contributed by atoms with E-state index in [2.05, 4.69) is 6.92 Å². The van der Waals surface area contributed by atoms with Crippen LogP contribution in [0.5, 0.6) is 5.75 Å². The van der Waals surface area contributed by atoms with Gasteiger partial charge < -0.3 is 12.7 Å². The molecule has 1 aromatic carbocycles. The Morgan fingerprint density at radius 3 is 2.47 bits per heavy atom. The average molecular weight is 292 g/mol. The molecule has 0 aromatic heterocycles. The topological polar surface area (TPSA) is 46.5 Å². The molecule has 0 radical (unpaired) electrons. The molecule has 0 saturated heterocycles. The molecular weight excluding hydrogens is 268 g/mol. The van der Waals surface area contributed by atoms with Crippen LogP contribution in [-0.2, 0) is 4.74 Å². The zero-order valence-corrected chi connectivity index (χ0v) is 13.9. The van der Waals surface area contributed by atoms with Crippen molar-refractivity contribution in [3.8, 4) is 5.75 Å². The third kappa shape index (κ3) is 7.81. The molecule has 4 heteroatoms. The van der Waals surface area contributed by atoms with Crippen LogP contribution < -0.4 is 0 Å². The van der Waals surface area contributed by atoms with Crippen LogP contribution in [0.25, 0.3) is 0 Å². The maximum absolute atomic E-state index is 11.6. The van der Waals surface area contributed by atoms with Crippen LogP contribution in [0.3, 0.4) is 0 Å². The second kappa shape index (κ2) is 11.6. The van der Waals surface area contributed by atoms with E-state index in [9.17, 15) is 9.90 Å². The molecule has 0 aliphatic carbocycles. The number of hydrogen-bond donors (Lipinski definition) is 1. The second-order valence-electron chi connectivity index (χ2n) is 4.42. The molecule has 0 atom stereocenters. The molecule has 0 heterocycles. The van der Waals surface area contributed by atoms with E-state index in [-0.39, 0.29) is 51.9 Å². The summed E-state index contributed by atoms with van der Waals surface area (Å²) in [6.07, 6.45) is 6.95.